The van der Waals surface area contributed by atoms with Crippen molar-refractivity contribution in [2.45, 2.75) is 0 Å². The standard InChI is InChI=1S/C13H9BrN4/c14-11-1-3-12(4-2-11)18-8-10(7-17-18)13-5-6-15-9-16-13/h1-9H. The van der Waals surface area contributed by atoms with E-state index in [4.69, 9.17) is 0 Å². The fraction of sp³-hybridized carbons (Fsp3) is 0. The molecule has 0 unspecified atom stereocenters. The largest absolute Gasteiger partial charge is 0.245 e. The Bertz CT molecular complexity index is 646. The third-order valence-corrected chi connectivity index (χ3v) is 3.08. The molecule has 2 aromatic heterocycles. The Hall–Kier alpha value is -2.01. The molecule has 18 heavy (non-hydrogen) atoms. The zero-order valence-corrected chi connectivity index (χ0v) is 10.9. The second-order valence-corrected chi connectivity index (χ2v) is 4.66. The zero-order chi connectivity index (χ0) is 12.4. The molecule has 0 radical (unpaired) electrons. The second kappa shape index (κ2) is 4.70. The van der Waals surface area contributed by atoms with Gasteiger partial charge in [0.1, 0.15) is 6.33 Å². The summed E-state index contributed by atoms with van der Waals surface area (Å²) >= 11 is 3.41. The van der Waals surface area contributed by atoms with Crippen LogP contribution in [0.5, 0.6) is 0 Å². The van der Waals surface area contributed by atoms with Gasteiger partial charge in [0.15, 0.2) is 0 Å². The van der Waals surface area contributed by atoms with Crippen molar-refractivity contribution < 1.29 is 0 Å². The summed E-state index contributed by atoms with van der Waals surface area (Å²) in [6.45, 7) is 0. The third kappa shape index (κ3) is 2.17. The average molecular weight is 301 g/mol. The molecule has 3 aromatic rings. The van der Waals surface area contributed by atoms with Crippen molar-refractivity contribution in [1.29, 1.82) is 0 Å². The summed E-state index contributed by atoms with van der Waals surface area (Å²) in [6.07, 6.45) is 7.00. The Morgan fingerprint density at radius 3 is 2.61 bits per heavy atom. The molecule has 4 nitrogen and oxygen atoms in total. The van der Waals surface area contributed by atoms with Crippen molar-refractivity contribution in [3.05, 3.63) is 59.7 Å². The SMILES string of the molecule is Brc1ccc(-n2cc(-c3ccncn3)cn2)cc1. The van der Waals surface area contributed by atoms with Crippen molar-refractivity contribution in [1.82, 2.24) is 19.7 Å². The molecular formula is C13H9BrN4. The van der Waals surface area contributed by atoms with Gasteiger partial charge in [-0.1, -0.05) is 15.9 Å². The molecule has 2 heterocycles. The smallest absolute Gasteiger partial charge is 0.116 e. The van der Waals surface area contributed by atoms with E-state index in [0.717, 1.165) is 21.4 Å². The van der Waals surface area contributed by atoms with Crippen molar-refractivity contribution in [2.24, 2.45) is 0 Å². The maximum absolute atomic E-state index is 4.33. The van der Waals surface area contributed by atoms with Crippen LogP contribution in [0.4, 0.5) is 0 Å². The van der Waals surface area contributed by atoms with Gasteiger partial charge in [0.25, 0.3) is 0 Å². The lowest BCUT2D eigenvalue weighted by atomic mass is 10.2. The van der Waals surface area contributed by atoms with Crippen LogP contribution in [0.3, 0.4) is 0 Å². The van der Waals surface area contributed by atoms with Crippen LogP contribution in [0.2, 0.25) is 0 Å². The molecule has 0 saturated carbocycles. The molecule has 0 bridgehead atoms. The molecule has 0 atom stereocenters. The highest BCUT2D eigenvalue weighted by Gasteiger charge is 2.03. The molecule has 0 saturated heterocycles. The molecule has 5 heteroatoms. The maximum Gasteiger partial charge on any atom is 0.116 e. The van der Waals surface area contributed by atoms with Crippen molar-refractivity contribution in [3.8, 4) is 16.9 Å². The quantitative estimate of drug-likeness (QED) is 0.730. The summed E-state index contributed by atoms with van der Waals surface area (Å²) < 4.78 is 2.87. The first-order valence-electron chi connectivity index (χ1n) is 5.40. The van der Waals surface area contributed by atoms with E-state index in [1.807, 2.05) is 41.2 Å². The molecule has 88 valence electrons. The molecule has 0 aliphatic rings. The van der Waals surface area contributed by atoms with E-state index in [9.17, 15) is 0 Å². The number of nitrogens with zero attached hydrogens (tertiary/aromatic N) is 4. The van der Waals surface area contributed by atoms with E-state index in [1.54, 1.807) is 12.4 Å². The first-order chi connectivity index (χ1) is 8.83. The lowest BCUT2D eigenvalue weighted by Gasteiger charge is -2.00. The number of benzene rings is 1. The van der Waals surface area contributed by atoms with E-state index in [-0.39, 0.29) is 0 Å². The van der Waals surface area contributed by atoms with E-state index in [0.29, 0.717) is 0 Å². The number of rotatable bonds is 2. The van der Waals surface area contributed by atoms with Crippen LogP contribution in [0.25, 0.3) is 16.9 Å². The van der Waals surface area contributed by atoms with Gasteiger partial charge in [0.2, 0.25) is 0 Å². The number of hydrogen-bond acceptors (Lipinski definition) is 3. The van der Waals surface area contributed by atoms with E-state index >= 15 is 0 Å². The lowest BCUT2D eigenvalue weighted by molar-refractivity contribution is 0.880. The minimum absolute atomic E-state index is 0.869. The van der Waals surface area contributed by atoms with Crippen LogP contribution in [-0.4, -0.2) is 19.7 Å². The number of hydrogen-bond donors (Lipinski definition) is 0. The van der Waals surface area contributed by atoms with Crippen molar-refractivity contribution >= 4 is 15.9 Å². The van der Waals surface area contributed by atoms with Crippen LogP contribution < -0.4 is 0 Å². The first kappa shape index (κ1) is 11.1. The molecule has 3 rings (SSSR count). The van der Waals surface area contributed by atoms with E-state index < -0.39 is 0 Å². The van der Waals surface area contributed by atoms with Crippen molar-refractivity contribution in [3.63, 3.8) is 0 Å². The molecule has 0 amide bonds. The van der Waals surface area contributed by atoms with Gasteiger partial charge in [-0.2, -0.15) is 5.10 Å². The highest BCUT2D eigenvalue weighted by Crippen LogP contribution is 2.18. The summed E-state index contributed by atoms with van der Waals surface area (Å²) in [6, 6.07) is 9.84. The maximum atomic E-state index is 4.33. The molecule has 0 aliphatic heterocycles. The van der Waals surface area contributed by atoms with Crippen LogP contribution in [0.1, 0.15) is 0 Å². The van der Waals surface area contributed by atoms with Crippen LogP contribution in [0.15, 0.2) is 59.7 Å². The highest BCUT2D eigenvalue weighted by molar-refractivity contribution is 9.10. The molecular weight excluding hydrogens is 292 g/mol. The predicted octanol–water partition coefficient (Wildman–Crippen LogP) is 3.09. The Balaban J connectivity index is 1.97. The Morgan fingerprint density at radius 1 is 1.06 bits per heavy atom. The lowest BCUT2D eigenvalue weighted by Crippen LogP contribution is -1.92. The summed E-state index contributed by atoms with van der Waals surface area (Å²) in [4.78, 5) is 8.10. The normalized spacial score (nSPS) is 10.5. The van der Waals surface area contributed by atoms with Gasteiger partial charge in [-0.3, -0.25) is 0 Å². The Morgan fingerprint density at radius 2 is 1.89 bits per heavy atom. The highest BCUT2D eigenvalue weighted by atomic mass is 79.9. The van der Waals surface area contributed by atoms with Gasteiger partial charge in [0, 0.05) is 22.4 Å². The monoisotopic (exact) mass is 300 g/mol. The van der Waals surface area contributed by atoms with Crippen LogP contribution in [-0.2, 0) is 0 Å². The van der Waals surface area contributed by atoms with Gasteiger partial charge in [-0.05, 0) is 30.3 Å². The molecule has 1 aromatic carbocycles. The summed E-state index contributed by atoms with van der Waals surface area (Å²) in [7, 11) is 0. The molecule has 0 aliphatic carbocycles. The third-order valence-electron chi connectivity index (χ3n) is 2.55. The predicted molar refractivity (Wildman–Crippen MR) is 72.3 cm³/mol. The van der Waals surface area contributed by atoms with Gasteiger partial charge in [0.05, 0.1) is 17.6 Å². The molecule has 0 fully saturated rings. The Labute approximate surface area is 112 Å². The van der Waals surface area contributed by atoms with Crippen molar-refractivity contribution in [2.75, 3.05) is 0 Å². The first-order valence-corrected chi connectivity index (χ1v) is 6.19. The van der Waals surface area contributed by atoms with E-state index in [1.165, 1.54) is 6.33 Å². The summed E-state index contributed by atoms with van der Waals surface area (Å²) in [5, 5.41) is 4.33. The molecule has 0 spiro atoms. The second-order valence-electron chi connectivity index (χ2n) is 3.74. The summed E-state index contributed by atoms with van der Waals surface area (Å²) in [5.74, 6) is 0. The molecule has 0 N–H and O–H groups in total. The summed E-state index contributed by atoms with van der Waals surface area (Å²) in [5.41, 5.74) is 2.85. The topological polar surface area (TPSA) is 43.6 Å². The minimum Gasteiger partial charge on any atom is -0.245 e. The number of halogens is 1. The minimum atomic E-state index is 0.869. The fourth-order valence-corrected chi connectivity index (χ4v) is 1.92. The zero-order valence-electron chi connectivity index (χ0n) is 9.36. The van der Waals surface area contributed by atoms with Crippen LogP contribution >= 0.6 is 15.9 Å². The van der Waals surface area contributed by atoms with Gasteiger partial charge in [-0.25, -0.2) is 14.6 Å². The van der Waals surface area contributed by atoms with Gasteiger partial charge < -0.3 is 0 Å². The Kier molecular flexibility index (Phi) is 2.90. The van der Waals surface area contributed by atoms with E-state index in [2.05, 4.69) is 31.0 Å². The van der Waals surface area contributed by atoms with Gasteiger partial charge >= 0.3 is 0 Å². The fourth-order valence-electron chi connectivity index (χ4n) is 1.65. The van der Waals surface area contributed by atoms with Gasteiger partial charge in [-0.15, -0.1) is 0 Å². The number of aromatic nitrogens is 4. The van der Waals surface area contributed by atoms with Crippen LogP contribution in [0, 0.1) is 0 Å². The average Bonchev–Trinajstić information content (AvgIpc) is 2.90.